The molecule has 0 amide bonds. The van der Waals surface area contributed by atoms with E-state index in [1.54, 1.807) is 0 Å². The van der Waals surface area contributed by atoms with Crippen LogP contribution in [0, 0.1) is 0 Å². The van der Waals surface area contributed by atoms with E-state index in [4.69, 9.17) is 0 Å². The molecular weight excluding hydrogens is 239 g/mol. The molecule has 3 heteroatoms. The highest BCUT2D eigenvalue weighted by molar-refractivity contribution is 14.1. The Morgan fingerprint density at radius 3 is 2.20 bits per heavy atom. The van der Waals surface area contributed by atoms with Gasteiger partial charge in [-0.2, -0.15) is 0 Å². The van der Waals surface area contributed by atoms with Gasteiger partial charge in [0, 0.05) is 48.0 Å². The number of nitrogens with zero attached hydrogens (tertiary/aromatic N) is 2. The van der Waals surface area contributed by atoms with Crippen molar-refractivity contribution in [3.8, 4) is 0 Å². The highest BCUT2D eigenvalue weighted by Gasteiger charge is 2.35. The van der Waals surface area contributed by atoms with E-state index in [-0.39, 0.29) is 0 Å². The van der Waals surface area contributed by atoms with E-state index < -0.39 is 0 Å². The highest BCUT2D eigenvalue weighted by atomic mass is 127. The molecule has 58 valence electrons. The Balaban J connectivity index is 2.09. The van der Waals surface area contributed by atoms with Crippen LogP contribution in [-0.2, 0) is 0 Å². The van der Waals surface area contributed by atoms with Crippen LogP contribution in [0.1, 0.15) is 12.8 Å². The summed E-state index contributed by atoms with van der Waals surface area (Å²) < 4.78 is 2.48. The Kier molecular flexibility index (Phi) is 1.90. The van der Waals surface area contributed by atoms with Crippen LogP contribution in [0.4, 0.5) is 0 Å². The quantitative estimate of drug-likeness (QED) is 0.471. The third-order valence-corrected chi connectivity index (χ3v) is 3.92. The van der Waals surface area contributed by atoms with E-state index in [1.165, 1.54) is 25.9 Å². The molecule has 3 rings (SSSR count). The number of halogens is 1. The van der Waals surface area contributed by atoms with Crippen molar-refractivity contribution < 1.29 is 0 Å². The molecule has 3 heterocycles. The van der Waals surface area contributed by atoms with Gasteiger partial charge in [-0.25, -0.2) is 3.11 Å². The lowest BCUT2D eigenvalue weighted by atomic mass is 9.94. The van der Waals surface area contributed by atoms with Crippen LogP contribution in [-0.4, -0.2) is 40.2 Å². The minimum absolute atomic E-state index is 0.843. The molecule has 3 aliphatic heterocycles. The lowest BCUT2D eigenvalue weighted by molar-refractivity contribution is 0.0587. The second kappa shape index (κ2) is 2.60. The number of likely N-dealkylation sites (N-methyl/N-ethyl adjacent to an activating group) is 1. The number of rotatable bonds is 0. The molecule has 0 N–H and O–H groups in total. The molecular formula is C7H13IN2. The predicted octanol–water partition coefficient (Wildman–Crippen LogP) is 1.11. The lowest BCUT2D eigenvalue weighted by Crippen LogP contribution is -2.57. The van der Waals surface area contributed by atoms with E-state index in [0.29, 0.717) is 0 Å². The van der Waals surface area contributed by atoms with Gasteiger partial charge in [0.05, 0.1) is 0 Å². The van der Waals surface area contributed by atoms with Gasteiger partial charge in [0.25, 0.3) is 0 Å². The Morgan fingerprint density at radius 1 is 1.20 bits per heavy atom. The van der Waals surface area contributed by atoms with Gasteiger partial charge in [-0.3, -0.25) is 0 Å². The van der Waals surface area contributed by atoms with Gasteiger partial charge in [-0.05, 0) is 19.9 Å². The second-order valence-electron chi connectivity index (χ2n) is 3.41. The third-order valence-electron chi connectivity index (χ3n) is 2.74. The van der Waals surface area contributed by atoms with Crippen LogP contribution < -0.4 is 0 Å². The van der Waals surface area contributed by atoms with Crippen LogP contribution in [0.3, 0.4) is 0 Å². The minimum Gasteiger partial charge on any atom is -0.301 e. The van der Waals surface area contributed by atoms with Gasteiger partial charge in [0.2, 0.25) is 0 Å². The number of piperazine rings is 1. The van der Waals surface area contributed by atoms with E-state index in [2.05, 4.69) is 37.9 Å². The van der Waals surface area contributed by atoms with Crippen molar-refractivity contribution in [2.45, 2.75) is 24.9 Å². The molecule has 2 bridgehead atoms. The number of hydrogen-bond acceptors (Lipinski definition) is 2. The summed E-state index contributed by atoms with van der Waals surface area (Å²) in [7, 11) is 2.25. The Hall–Kier alpha value is 0.650. The van der Waals surface area contributed by atoms with Gasteiger partial charge >= 0.3 is 0 Å². The molecule has 0 aliphatic carbocycles. The first kappa shape index (κ1) is 7.31. The zero-order valence-electron chi connectivity index (χ0n) is 6.26. The van der Waals surface area contributed by atoms with Crippen molar-refractivity contribution in [3.63, 3.8) is 0 Å². The smallest absolute Gasteiger partial charge is 0.0322 e. The van der Waals surface area contributed by atoms with Gasteiger partial charge < -0.3 is 4.90 Å². The van der Waals surface area contributed by atoms with Crippen LogP contribution in [0.15, 0.2) is 0 Å². The maximum atomic E-state index is 2.50. The summed E-state index contributed by atoms with van der Waals surface area (Å²) in [6, 6.07) is 1.69. The molecule has 0 spiro atoms. The number of fused-ring (bicyclic) bond motifs is 3. The van der Waals surface area contributed by atoms with E-state index in [0.717, 1.165) is 12.1 Å². The van der Waals surface area contributed by atoms with Crippen LogP contribution >= 0.6 is 22.9 Å². The standard InChI is InChI=1S/C7H13IN2/c1-9-4-7-3-2-6(9)5-10(7)8/h6-7H,2-5H2,1H3. The summed E-state index contributed by atoms with van der Waals surface area (Å²) in [5, 5.41) is 0. The van der Waals surface area contributed by atoms with Crippen molar-refractivity contribution in [3.05, 3.63) is 0 Å². The first-order valence-electron chi connectivity index (χ1n) is 3.90. The molecule has 0 aromatic rings. The fourth-order valence-electron chi connectivity index (χ4n) is 1.99. The summed E-state index contributed by atoms with van der Waals surface area (Å²) >= 11 is 2.47. The summed E-state index contributed by atoms with van der Waals surface area (Å²) in [5.74, 6) is 0. The molecule has 3 fully saturated rings. The van der Waals surface area contributed by atoms with Crippen LogP contribution in [0.25, 0.3) is 0 Å². The third kappa shape index (κ3) is 1.08. The molecule has 0 saturated carbocycles. The molecule has 2 nitrogen and oxygen atoms in total. The summed E-state index contributed by atoms with van der Waals surface area (Å²) in [4.78, 5) is 2.50. The molecule has 3 saturated heterocycles. The molecule has 2 atom stereocenters. The zero-order chi connectivity index (χ0) is 7.14. The summed E-state index contributed by atoms with van der Waals surface area (Å²) in [6.45, 7) is 2.56. The van der Waals surface area contributed by atoms with Crippen molar-refractivity contribution in [2.75, 3.05) is 20.1 Å². The van der Waals surface area contributed by atoms with Crippen molar-refractivity contribution in [1.82, 2.24) is 8.01 Å². The fraction of sp³-hybridized carbons (Fsp3) is 1.00. The number of piperidine rings is 2. The minimum atomic E-state index is 0.843. The van der Waals surface area contributed by atoms with Crippen molar-refractivity contribution in [2.24, 2.45) is 0 Å². The SMILES string of the molecule is CN1CC2CCC1CN2I. The van der Waals surface area contributed by atoms with E-state index >= 15 is 0 Å². The Morgan fingerprint density at radius 2 is 1.90 bits per heavy atom. The van der Waals surface area contributed by atoms with E-state index in [1.807, 2.05) is 0 Å². The Labute approximate surface area is 76.1 Å². The topological polar surface area (TPSA) is 6.48 Å². The van der Waals surface area contributed by atoms with Gasteiger partial charge in [-0.15, -0.1) is 0 Å². The van der Waals surface area contributed by atoms with Gasteiger partial charge in [-0.1, -0.05) is 0 Å². The monoisotopic (exact) mass is 252 g/mol. The average molecular weight is 252 g/mol. The molecule has 0 aromatic heterocycles. The van der Waals surface area contributed by atoms with Gasteiger partial charge in [0.15, 0.2) is 0 Å². The predicted molar refractivity (Wildman–Crippen MR) is 50.2 cm³/mol. The van der Waals surface area contributed by atoms with Crippen LogP contribution in [0.5, 0.6) is 0 Å². The Bertz CT molecular complexity index is 124. The zero-order valence-corrected chi connectivity index (χ0v) is 8.41. The maximum absolute atomic E-state index is 2.50. The maximum Gasteiger partial charge on any atom is 0.0322 e. The highest BCUT2D eigenvalue weighted by Crippen LogP contribution is 2.29. The van der Waals surface area contributed by atoms with Crippen molar-refractivity contribution in [1.29, 1.82) is 0 Å². The molecule has 3 aliphatic rings. The average Bonchev–Trinajstić information content (AvgIpc) is 1.91. The van der Waals surface area contributed by atoms with E-state index in [9.17, 15) is 0 Å². The normalized spacial score (nSPS) is 42.6. The summed E-state index contributed by atoms with van der Waals surface area (Å²) in [5.41, 5.74) is 0. The van der Waals surface area contributed by atoms with Gasteiger partial charge in [0.1, 0.15) is 0 Å². The molecule has 2 unspecified atom stereocenters. The van der Waals surface area contributed by atoms with Crippen LogP contribution in [0.2, 0.25) is 0 Å². The van der Waals surface area contributed by atoms with Crippen molar-refractivity contribution >= 4 is 22.9 Å². The lowest BCUT2D eigenvalue weighted by Gasteiger charge is -2.47. The molecule has 0 aromatic carbocycles. The molecule has 10 heavy (non-hydrogen) atoms. The second-order valence-corrected chi connectivity index (χ2v) is 4.65. The number of hydrogen-bond donors (Lipinski definition) is 0. The largest absolute Gasteiger partial charge is 0.301 e. The molecule has 0 radical (unpaired) electrons. The first-order valence-corrected chi connectivity index (χ1v) is 4.86. The summed E-state index contributed by atoms with van der Waals surface area (Å²) in [6.07, 6.45) is 2.83. The fourth-order valence-corrected chi connectivity index (χ4v) is 2.90. The first-order chi connectivity index (χ1) is 4.77.